The highest BCUT2D eigenvalue weighted by molar-refractivity contribution is 7.15. The normalized spacial score (nSPS) is 18.8. The molecule has 0 spiro atoms. The number of carbonyl (C=O) groups is 7. The molecule has 10 N–H and O–H groups in total. The Hall–Kier alpha value is -7.68. The molecule has 4 atom stereocenters. The maximum atomic E-state index is 14.3. The van der Waals surface area contributed by atoms with Gasteiger partial charge in [0.05, 0.1) is 42.2 Å². The molecule has 1 fully saturated rings. The van der Waals surface area contributed by atoms with E-state index in [0.717, 1.165) is 11.3 Å². The predicted octanol–water partition coefficient (Wildman–Crippen LogP) is 7.13. The van der Waals surface area contributed by atoms with Crippen LogP contribution in [0, 0.1) is 24.7 Å². The van der Waals surface area contributed by atoms with Crippen LogP contribution in [0.4, 0.5) is 5.82 Å². The Morgan fingerprint density at radius 2 is 1.38 bits per heavy atom. The highest BCUT2D eigenvalue weighted by Gasteiger charge is 2.34. The molecule has 24 nitrogen and oxygen atoms in total. The van der Waals surface area contributed by atoms with Crippen LogP contribution in [0.2, 0.25) is 0 Å². The van der Waals surface area contributed by atoms with Gasteiger partial charge in [-0.1, -0.05) is 44.2 Å². The molecule has 1 aliphatic carbocycles. The molecule has 10 rings (SSSR count). The first kappa shape index (κ1) is 62.4. The van der Waals surface area contributed by atoms with E-state index in [4.69, 9.17) is 45.4 Å². The average molecular weight is 1290 g/mol. The number of carbonyl (C=O) groups excluding carboxylic acids is 7. The van der Waals surface area contributed by atoms with Crippen molar-refractivity contribution in [3.05, 3.63) is 111 Å². The monoisotopic (exact) mass is 1290 g/mol. The van der Waals surface area contributed by atoms with Crippen LogP contribution in [0.15, 0.2) is 64.0 Å². The summed E-state index contributed by atoms with van der Waals surface area (Å²) in [7, 11) is 2.95. The second kappa shape index (κ2) is 28.0. The number of fused-ring (bicyclic) bond motifs is 14. The van der Waals surface area contributed by atoms with Gasteiger partial charge in [-0.05, 0) is 56.2 Å². The van der Waals surface area contributed by atoms with Gasteiger partial charge in [-0.2, -0.15) is 0 Å². The molecular formula is C57H61N15O9S6. The smallest absolute Gasteiger partial charge is 0.271 e. The lowest BCUT2D eigenvalue weighted by atomic mass is 9.81. The maximum Gasteiger partial charge on any atom is 0.271 e. The van der Waals surface area contributed by atoms with E-state index in [9.17, 15) is 38.7 Å². The lowest BCUT2D eigenvalue weighted by Crippen LogP contribution is -2.40. The second-order valence-electron chi connectivity index (χ2n) is 20.8. The largest absolute Gasteiger partial charge is 0.386 e. The number of aryl methyl sites for hydroxylation is 1. The van der Waals surface area contributed by atoms with Crippen LogP contribution in [0.25, 0.3) is 43.4 Å². The van der Waals surface area contributed by atoms with Crippen LogP contribution >= 0.6 is 68.0 Å². The molecular weight excluding hydrogens is 1230 g/mol. The number of hydrogen-bond donors (Lipinski definition) is 9. The Bertz CT molecular complexity index is 3830. The van der Waals surface area contributed by atoms with Crippen molar-refractivity contribution < 1.29 is 43.4 Å². The van der Waals surface area contributed by atoms with Gasteiger partial charge in [-0.25, -0.2) is 34.9 Å². The third kappa shape index (κ3) is 14.5. The van der Waals surface area contributed by atoms with Gasteiger partial charge >= 0.3 is 0 Å². The van der Waals surface area contributed by atoms with Gasteiger partial charge in [0.15, 0.2) is 0 Å². The number of aliphatic hydroxyl groups is 1. The maximum absolute atomic E-state index is 14.3. The average Bonchev–Trinajstić information content (AvgIpc) is 2.59. The van der Waals surface area contributed by atoms with E-state index in [2.05, 4.69) is 37.2 Å². The lowest BCUT2D eigenvalue weighted by molar-refractivity contribution is -0.128. The molecule has 10 bridgehead atoms. The molecule has 7 amide bonds. The van der Waals surface area contributed by atoms with Crippen molar-refractivity contribution >= 4 is 115 Å². The summed E-state index contributed by atoms with van der Waals surface area (Å²) in [6.07, 6.45) is 0.775. The van der Waals surface area contributed by atoms with Crippen molar-refractivity contribution in [3.8, 4) is 43.4 Å². The molecule has 0 radical (unpaired) electrons. The summed E-state index contributed by atoms with van der Waals surface area (Å²) in [5, 5.41) is 41.2. The number of nitrogens with one attached hydrogen (secondary N) is 7. The van der Waals surface area contributed by atoms with Gasteiger partial charge in [-0.15, -0.1) is 68.0 Å². The minimum Gasteiger partial charge on any atom is -0.386 e. The topological polar surface area (TPSA) is 349 Å². The zero-order valence-electron chi connectivity index (χ0n) is 47.6. The van der Waals surface area contributed by atoms with E-state index in [-0.39, 0.29) is 59.7 Å². The predicted molar refractivity (Wildman–Crippen MR) is 333 cm³/mol. The molecule has 30 heteroatoms. The summed E-state index contributed by atoms with van der Waals surface area (Å²) in [6, 6.07) is 9.56. The fourth-order valence-corrected chi connectivity index (χ4v) is 15.3. The van der Waals surface area contributed by atoms with Gasteiger partial charge in [0, 0.05) is 71.0 Å². The summed E-state index contributed by atoms with van der Waals surface area (Å²) in [6.45, 7) is 5.73. The van der Waals surface area contributed by atoms with Crippen molar-refractivity contribution in [2.75, 3.05) is 39.1 Å². The first-order valence-electron chi connectivity index (χ1n) is 27.7. The Balaban J connectivity index is 1.01. The van der Waals surface area contributed by atoms with Crippen molar-refractivity contribution in [2.24, 2.45) is 23.5 Å². The fourth-order valence-electron chi connectivity index (χ4n) is 9.83. The van der Waals surface area contributed by atoms with E-state index < -0.39 is 60.3 Å². The number of anilines is 1. The summed E-state index contributed by atoms with van der Waals surface area (Å²) in [4.78, 5) is 131. The number of benzene rings is 1. The minimum atomic E-state index is -1.28. The Morgan fingerprint density at radius 1 is 0.690 bits per heavy atom. The molecule has 8 heterocycles. The van der Waals surface area contributed by atoms with E-state index in [0.29, 0.717) is 118 Å². The number of rotatable bonds is 13. The van der Waals surface area contributed by atoms with Crippen LogP contribution in [0.1, 0.15) is 132 Å². The zero-order chi connectivity index (χ0) is 61.5. The standard InChI is InChI=1S/C57H61N15O9S6/c1-26(2)41-57-72-44(37(87-57)21-81-5)50(79)61-20-40(74)69-45(46(75)28-9-7-6-8-10-28)56-66-36(24-84-56)54-64-34(22-83-54)43-31(52-65-35(23-82-52)49(78)63-33(19-39(73)59-4)55-71-42(27(3)86-55)51(80)70-41)15-16-32(62-43)53-68-38(25-85-53)67-48(77)30-13-11-29(12-14-30)47(76)60-18-17-58/h6-10,15-16,22-26,29-30,33,41,45-46,75H,11-14,17-21,58H2,1-5H3,(H,59,73)(H,60,76)(H,61,79)(H,63,78)(H,67,77)(H,69,74)(H,70,80)/t29-,30-,33-,41+,45-,46-/m0/s1. The van der Waals surface area contributed by atoms with Crippen molar-refractivity contribution in [3.63, 3.8) is 0 Å². The number of aromatic nitrogens is 7. The third-order valence-electron chi connectivity index (χ3n) is 14.4. The number of amides is 7. The summed E-state index contributed by atoms with van der Waals surface area (Å²) in [5.41, 5.74) is 8.35. The van der Waals surface area contributed by atoms with E-state index in [1.807, 2.05) is 13.8 Å². The number of nitrogens with zero attached hydrogens (tertiary/aromatic N) is 7. The summed E-state index contributed by atoms with van der Waals surface area (Å²) >= 11 is 7.24. The summed E-state index contributed by atoms with van der Waals surface area (Å²) in [5.74, 6) is -3.47. The molecule has 7 aromatic heterocycles. The SMILES string of the molecule is CNC(=O)C[C@@H]1NC(=O)c2csc(n2)-c2ccc(-c3nc(NC(=O)[C@H]4CC[C@H](C(=O)NCCN)CC4)cs3)nc2-c2csc(n2)-c2csc(n2)[C@H]([C@@H](O)c2ccccc2)NC(=O)CNC(=O)c2nc(sc2COC)[C@@H](C(C)C)NC(=O)c2nc1sc2C. The third-order valence-corrected chi connectivity index (χ3v) is 20.1. The highest BCUT2D eigenvalue weighted by atomic mass is 32.1. The van der Waals surface area contributed by atoms with Crippen LogP contribution in [-0.4, -0.2) is 115 Å². The van der Waals surface area contributed by atoms with Crippen LogP contribution in [0.3, 0.4) is 0 Å². The lowest BCUT2D eigenvalue weighted by Gasteiger charge is -2.26. The Labute approximate surface area is 523 Å². The molecule has 1 aromatic carbocycles. The molecule has 1 aliphatic heterocycles. The van der Waals surface area contributed by atoms with Gasteiger partial charge in [0.2, 0.25) is 23.6 Å². The van der Waals surface area contributed by atoms with Gasteiger partial charge in [0.25, 0.3) is 17.7 Å². The highest BCUT2D eigenvalue weighted by Crippen LogP contribution is 2.40. The second-order valence-corrected chi connectivity index (χ2v) is 26.6. The van der Waals surface area contributed by atoms with Gasteiger partial charge in [0.1, 0.15) is 82.2 Å². The van der Waals surface area contributed by atoms with Crippen LogP contribution < -0.4 is 43.0 Å². The van der Waals surface area contributed by atoms with E-state index >= 15 is 0 Å². The number of hydrogen-bond acceptors (Lipinski definition) is 23. The Morgan fingerprint density at radius 3 is 2.11 bits per heavy atom. The molecule has 0 saturated heterocycles. The number of nitrogens with two attached hydrogens (primary N) is 1. The Kier molecular flexibility index (Phi) is 20.1. The molecule has 2 aliphatic rings. The van der Waals surface area contributed by atoms with Crippen LogP contribution in [-0.2, 0) is 30.5 Å². The van der Waals surface area contributed by atoms with Crippen LogP contribution in [0.5, 0.6) is 0 Å². The molecule has 8 aromatic rings. The quantitative estimate of drug-likeness (QED) is 0.0554. The fraction of sp³-hybridized carbons (Fsp3) is 0.368. The number of ether oxygens (including phenoxy) is 1. The number of thiazole rings is 6. The summed E-state index contributed by atoms with van der Waals surface area (Å²) < 4.78 is 5.46. The van der Waals surface area contributed by atoms with Crippen molar-refractivity contribution in [1.29, 1.82) is 0 Å². The van der Waals surface area contributed by atoms with E-state index in [1.54, 1.807) is 70.9 Å². The molecule has 87 heavy (non-hydrogen) atoms. The van der Waals surface area contributed by atoms with Crippen molar-refractivity contribution in [1.82, 2.24) is 66.8 Å². The minimum absolute atomic E-state index is 0.000817. The molecule has 454 valence electrons. The molecule has 0 unspecified atom stereocenters. The number of aliphatic hydroxyl groups excluding tert-OH is 1. The number of methoxy groups -OCH3 is 1. The van der Waals surface area contributed by atoms with Gasteiger partial charge < -0.3 is 52.8 Å². The first-order valence-corrected chi connectivity index (χ1v) is 32.9. The van der Waals surface area contributed by atoms with E-state index in [1.165, 1.54) is 70.8 Å². The number of pyridine rings is 1. The van der Waals surface area contributed by atoms with Crippen molar-refractivity contribution in [2.45, 2.75) is 83.7 Å². The zero-order valence-corrected chi connectivity index (χ0v) is 52.5. The molecule has 1 saturated carbocycles. The van der Waals surface area contributed by atoms with Gasteiger partial charge in [-0.3, -0.25) is 33.6 Å². The first-order chi connectivity index (χ1) is 42.0.